The van der Waals surface area contributed by atoms with E-state index in [4.69, 9.17) is 34.6 Å². The van der Waals surface area contributed by atoms with Gasteiger partial charge >= 0.3 is 5.69 Å². The van der Waals surface area contributed by atoms with E-state index in [0.29, 0.717) is 11.5 Å². The number of hydrogen-bond donors (Lipinski definition) is 2. The lowest BCUT2D eigenvalue weighted by Crippen LogP contribution is -2.39. The Bertz CT molecular complexity index is 2170. The first kappa shape index (κ1) is 42.4. The summed E-state index contributed by atoms with van der Waals surface area (Å²) in [4.78, 5) is 40.6. The third-order valence-corrected chi connectivity index (χ3v) is 11.9. The van der Waals surface area contributed by atoms with Crippen molar-refractivity contribution >= 4 is 31.4 Å². The minimum Gasteiger partial charge on any atom is -0.497 e. The molecule has 2 aromatic heterocycles. The topological polar surface area (TPSA) is 156 Å². The minimum atomic E-state index is -1.71. The normalized spacial score (nSPS) is 17.5. The summed E-state index contributed by atoms with van der Waals surface area (Å²) in [6.45, 7) is 17.4. The Morgan fingerprint density at radius 3 is 2.14 bits per heavy atom. The number of carbonyl (C=O) groups is 1. The molecule has 3 heterocycles. The quantitative estimate of drug-likeness (QED) is 0.0405. The van der Waals surface area contributed by atoms with Crippen molar-refractivity contribution in [2.24, 2.45) is 0 Å². The van der Waals surface area contributed by atoms with Crippen molar-refractivity contribution in [1.82, 2.24) is 24.2 Å². The Balaban J connectivity index is 1.46. The second-order valence-corrected chi connectivity index (χ2v) is 15.7. The van der Waals surface area contributed by atoms with Crippen LogP contribution in [0.1, 0.15) is 64.0 Å². The molecule has 1 fully saturated rings. The summed E-state index contributed by atoms with van der Waals surface area (Å²) in [5.74, 6) is 1.21. The number of carbonyl (C=O) groups excluding carboxylic acids is 1. The molecule has 1 amide bonds. The molecule has 4 atom stereocenters. The van der Waals surface area contributed by atoms with Gasteiger partial charge in [-0.05, 0) is 68.7 Å². The number of benzene rings is 3. The smallest absolute Gasteiger partial charge is 0.329 e. The van der Waals surface area contributed by atoms with Gasteiger partial charge in [0.1, 0.15) is 47.9 Å². The van der Waals surface area contributed by atoms with Crippen LogP contribution in [0.15, 0.2) is 90.0 Å². The van der Waals surface area contributed by atoms with Crippen LogP contribution in [-0.2, 0) is 28.9 Å². The molecule has 1 aliphatic heterocycles. The third-order valence-electron chi connectivity index (χ3n) is 9.78. The molecule has 16 heteroatoms. The van der Waals surface area contributed by atoms with Crippen LogP contribution in [0.3, 0.4) is 0 Å². The summed E-state index contributed by atoms with van der Waals surface area (Å²) in [7, 11) is 1.54. The van der Waals surface area contributed by atoms with Gasteiger partial charge in [-0.2, -0.15) is 0 Å². The van der Waals surface area contributed by atoms with E-state index in [1.165, 1.54) is 17.8 Å². The average Bonchev–Trinajstić information content (AvgIpc) is 3.77. The molecule has 1 aliphatic rings. The highest BCUT2D eigenvalue weighted by Crippen LogP contribution is 2.51. The lowest BCUT2D eigenvalue weighted by molar-refractivity contribution is -0.114. The molecule has 5 aromatic rings. The van der Waals surface area contributed by atoms with Crippen LogP contribution in [0.25, 0.3) is 16.0 Å². The first-order chi connectivity index (χ1) is 28.0. The molecule has 2 unspecified atom stereocenters. The van der Waals surface area contributed by atoms with E-state index in [-0.39, 0.29) is 61.2 Å². The van der Waals surface area contributed by atoms with Crippen LogP contribution < -0.4 is 20.5 Å². The number of imidazole rings is 1. The van der Waals surface area contributed by atoms with Crippen molar-refractivity contribution in [3.05, 3.63) is 124 Å². The molecule has 3 aromatic carbocycles. The second-order valence-electron chi connectivity index (χ2n) is 14.2. The maximum Gasteiger partial charge on any atom is 0.329 e. The fourth-order valence-electron chi connectivity index (χ4n) is 7.27. The molecule has 306 valence electrons. The molecule has 0 spiro atoms. The van der Waals surface area contributed by atoms with E-state index in [1.807, 2.05) is 78.9 Å². The Hall–Kier alpha value is -5.20. The van der Waals surface area contributed by atoms with Gasteiger partial charge in [-0.15, -0.1) is 0 Å². The molecule has 6 rings (SSSR count). The third kappa shape index (κ3) is 9.08. The number of methoxy groups -OCH3 is 2. The first-order valence-electron chi connectivity index (χ1n) is 19.1. The summed E-state index contributed by atoms with van der Waals surface area (Å²) in [6.07, 6.45) is -0.753. The zero-order chi connectivity index (χ0) is 41.4. The molecule has 0 aliphatic carbocycles. The molecule has 15 nitrogen and oxygen atoms in total. The molecule has 58 heavy (non-hydrogen) atoms. The number of rotatable bonds is 18. The molecule has 1 saturated heterocycles. The predicted octanol–water partition coefficient (Wildman–Crippen LogP) is 7.06. The van der Waals surface area contributed by atoms with Crippen molar-refractivity contribution in [2.45, 2.75) is 77.2 Å². The van der Waals surface area contributed by atoms with Crippen molar-refractivity contribution in [3.63, 3.8) is 0 Å². The second kappa shape index (κ2) is 19.0. The van der Waals surface area contributed by atoms with E-state index in [1.54, 1.807) is 14.2 Å². The lowest BCUT2D eigenvalue weighted by atomic mass is 9.80. The summed E-state index contributed by atoms with van der Waals surface area (Å²) < 4.78 is 42.1. The van der Waals surface area contributed by atoms with Gasteiger partial charge in [0.25, 0.3) is 8.53 Å². The van der Waals surface area contributed by atoms with Crippen LogP contribution in [-0.4, -0.2) is 88.4 Å². The monoisotopic (exact) mass is 811 g/mol. The van der Waals surface area contributed by atoms with Crippen LogP contribution in [0.2, 0.25) is 0 Å². The highest BCUT2D eigenvalue weighted by molar-refractivity contribution is 7.44. The number of fused-ring (bicyclic) bond motifs is 1. The van der Waals surface area contributed by atoms with Crippen molar-refractivity contribution < 1.29 is 32.8 Å². The van der Waals surface area contributed by atoms with Crippen LogP contribution in [0, 0.1) is 6.57 Å². The number of amides is 1. The molecule has 0 bridgehead atoms. The van der Waals surface area contributed by atoms with Crippen LogP contribution in [0.4, 0.5) is 5.82 Å². The number of H-pyrrole nitrogens is 1. The van der Waals surface area contributed by atoms with Gasteiger partial charge in [0.05, 0.1) is 26.9 Å². The number of anilines is 1. The summed E-state index contributed by atoms with van der Waals surface area (Å²) in [6, 6.07) is 25.5. The molecular formula is C42H50N7O8P. The maximum absolute atomic E-state index is 13.7. The molecule has 0 radical (unpaired) electrons. The largest absolute Gasteiger partial charge is 0.497 e. The van der Waals surface area contributed by atoms with Gasteiger partial charge in [-0.1, -0.05) is 54.6 Å². The Labute approximate surface area is 339 Å². The maximum atomic E-state index is 13.7. The average molecular weight is 812 g/mol. The fourth-order valence-corrected chi connectivity index (χ4v) is 9.02. The van der Waals surface area contributed by atoms with Gasteiger partial charge in [-0.3, -0.25) is 4.79 Å². The highest BCUT2D eigenvalue weighted by Gasteiger charge is 2.45. The highest BCUT2D eigenvalue weighted by atomic mass is 31.2. The number of nitrogens with zero attached hydrogens (tertiary/aromatic N) is 5. The Kier molecular flexibility index (Phi) is 13.9. The number of ether oxygens (including phenoxy) is 4. The fraction of sp³-hybridized carbons (Fsp3) is 0.405. The standard InChI is InChI=1S/C42H50N7O8P/c1-27(2)49(28(3)4)58(55-23-22-43-6)57-35-24-37(48-40-38(47-41(48)51)39(44-26-45-40)46-29(5)50)56-36(35)25-54-42(30-12-10-9-11-13-30,31-14-18-33(52-7)19-15-31)32-16-20-34(53-8)21-17-32/h9-21,26-28,35-37H,22-25H2,1-5,7-8H3,(H,47,51)(H,44,45,46,50)/t35?,36-,37-,58?/m1/s1. The minimum absolute atomic E-state index is 0.00589. The van der Waals surface area contributed by atoms with E-state index in [2.05, 4.69) is 57.5 Å². The molecule has 0 saturated carbocycles. The van der Waals surface area contributed by atoms with Gasteiger partial charge in [0, 0.05) is 25.4 Å². The predicted molar refractivity (Wildman–Crippen MR) is 221 cm³/mol. The lowest BCUT2D eigenvalue weighted by Gasteiger charge is -2.39. The van der Waals surface area contributed by atoms with Crippen molar-refractivity contribution in [2.75, 3.05) is 39.3 Å². The number of aromatic nitrogens is 4. The summed E-state index contributed by atoms with van der Waals surface area (Å²) in [5, 5.41) is 2.66. The summed E-state index contributed by atoms with van der Waals surface area (Å²) >= 11 is 0. The van der Waals surface area contributed by atoms with E-state index in [9.17, 15) is 9.59 Å². The van der Waals surface area contributed by atoms with E-state index < -0.39 is 38.3 Å². The Morgan fingerprint density at radius 1 is 0.983 bits per heavy atom. The van der Waals surface area contributed by atoms with Crippen LogP contribution >= 0.6 is 8.53 Å². The first-order valence-corrected chi connectivity index (χ1v) is 20.2. The zero-order valence-corrected chi connectivity index (χ0v) is 34.6. The van der Waals surface area contributed by atoms with E-state index >= 15 is 0 Å². The number of aromatic amines is 1. The van der Waals surface area contributed by atoms with E-state index in [0.717, 1.165) is 16.7 Å². The van der Waals surface area contributed by atoms with Gasteiger partial charge in [-0.25, -0.2) is 30.6 Å². The van der Waals surface area contributed by atoms with Crippen LogP contribution in [0.5, 0.6) is 11.5 Å². The van der Waals surface area contributed by atoms with Gasteiger partial charge in [0.2, 0.25) is 12.5 Å². The van der Waals surface area contributed by atoms with Gasteiger partial charge in [0.15, 0.2) is 11.5 Å². The SMILES string of the molecule is [C-]#[N+]CCOP(OC1C[C@H](n2c(=O)[nH]c3c(NC(C)=O)ncnc32)O[C@@H]1COC(c1ccccc1)(c1ccc(OC)cc1)c1ccc(OC)cc1)N(C(C)C)C(C)C. The molecule has 2 N–H and O–H groups in total. The van der Waals surface area contributed by atoms with Crippen molar-refractivity contribution in [3.8, 4) is 11.5 Å². The molecular weight excluding hydrogens is 761 g/mol. The van der Waals surface area contributed by atoms with Gasteiger partial charge < -0.3 is 43.1 Å². The zero-order valence-electron chi connectivity index (χ0n) is 33.7. The number of hydrogen-bond acceptors (Lipinski definition) is 11. The van der Waals surface area contributed by atoms with Crippen molar-refractivity contribution in [1.29, 1.82) is 0 Å². The number of nitrogens with one attached hydrogen (secondary N) is 2. The summed E-state index contributed by atoms with van der Waals surface area (Å²) in [5.41, 5.74) is 1.39. The Morgan fingerprint density at radius 2 is 1.59 bits per heavy atom.